The second-order valence-electron chi connectivity index (χ2n) is 6.79. The van der Waals surface area contributed by atoms with E-state index in [0.29, 0.717) is 24.5 Å². The molecule has 1 N–H and O–H groups in total. The van der Waals surface area contributed by atoms with Gasteiger partial charge in [-0.05, 0) is 23.8 Å². The van der Waals surface area contributed by atoms with E-state index >= 15 is 0 Å². The first-order valence-corrected chi connectivity index (χ1v) is 9.30. The minimum Gasteiger partial charge on any atom is -0.495 e. The quantitative estimate of drug-likeness (QED) is 0.694. The van der Waals surface area contributed by atoms with Gasteiger partial charge in [-0.3, -0.25) is 14.2 Å². The number of amides is 2. The molecule has 1 atom stereocenters. The summed E-state index contributed by atoms with van der Waals surface area (Å²) >= 11 is 0. The van der Waals surface area contributed by atoms with Crippen LogP contribution in [-0.4, -0.2) is 40.0 Å². The highest BCUT2D eigenvalue weighted by Crippen LogP contribution is 2.32. The number of para-hydroxylation sites is 2. The summed E-state index contributed by atoms with van der Waals surface area (Å²) in [6, 6.07) is 11.1. The molecule has 1 aliphatic heterocycles. The first-order chi connectivity index (χ1) is 14.2. The first-order valence-electron chi connectivity index (χ1n) is 9.30. The Hall–Kier alpha value is -3.68. The molecule has 8 nitrogen and oxygen atoms in total. The summed E-state index contributed by atoms with van der Waals surface area (Å²) in [7, 11) is 1.57. The van der Waals surface area contributed by atoms with E-state index in [4.69, 9.17) is 4.74 Å². The van der Waals surface area contributed by atoms with E-state index < -0.39 is 5.92 Å². The Morgan fingerprint density at radius 2 is 2.14 bits per heavy atom. The van der Waals surface area contributed by atoms with E-state index in [0.717, 1.165) is 11.4 Å². The Labute approximate surface area is 168 Å². The molecule has 1 fully saturated rings. The lowest BCUT2D eigenvalue weighted by Gasteiger charge is -2.19. The van der Waals surface area contributed by atoms with Crippen molar-refractivity contribution >= 4 is 17.5 Å². The van der Waals surface area contributed by atoms with Crippen LogP contribution in [0.5, 0.6) is 5.75 Å². The fourth-order valence-corrected chi connectivity index (χ4v) is 3.37. The molecule has 148 valence electrons. The molecule has 0 aliphatic carbocycles. The number of rotatable bonds is 6. The summed E-state index contributed by atoms with van der Waals surface area (Å²) in [5.74, 6) is 0.749. The van der Waals surface area contributed by atoms with Gasteiger partial charge < -0.3 is 15.0 Å². The van der Waals surface area contributed by atoms with Crippen LogP contribution in [0.15, 0.2) is 61.3 Å². The van der Waals surface area contributed by atoms with Crippen LogP contribution in [0.1, 0.15) is 12.0 Å². The Kier molecular flexibility index (Phi) is 5.24. The van der Waals surface area contributed by atoms with Crippen molar-refractivity contribution in [1.29, 1.82) is 0 Å². The van der Waals surface area contributed by atoms with Gasteiger partial charge in [0.25, 0.3) is 0 Å². The standard InChI is InChI=1S/C21H21N5O3/c1-29-18-5-3-2-4-17(18)26-13-16(10-20(26)27)21(28)24-12-15-6-7-19(23-11-15)25-9-8-22-14-25/h2-9,11,14,16H,10,12-13H2,1H3,(H,24,28). The van der Waals surface area contributed by atoms with E-state index in [2.05, 4.69) is 15.3 Å². The number of aromatic nitrogens is 3. The molecule has 4 rings (SSSR count). The maximum absolute atomic E-state index is 12.6. The number of nitrogens with one attached hydrogen (secondary N) is 1. The Balaban J connectivity index is 1.36. The largest absolute Gasteiger partial charge is 0.495 e. The lowest BCUT2D eigenvalue weighted by atomic mass is 10.1. The van der Waals surface area contributed by atoms with E-state index in [-0.39, 0.29) is 18.2 Å². The summed E-state index contributed by atoms with van der Waals surface area (Å²) in [5.41, 5.74) is 1.57. The summed E-state index contributed by atoms with van der Waals surface area (Å²) in [5, 5.41) is 2.91. The second kappa shape index (κ2) is 8.14. The fourth-order valence-electron chi connectivity index (χ4n) is 3.37. The highest BCUT2D eigenvalue weighted by Gasteiger charge is 2.36. The molecule has 8 heteroatoms. The summed E-state index contributed by atoms with van der Waals surface area (Å²) < 4.78 is 7.14. The van der Waals surface area contributed by atoms with Gasteiger partial charge in [-0.15, -0.1) is 0 Å². The molecule has 1 unspecified atom stereocenters. The summed E-state index contributed by atoms with van der Waals surface area (Å²) in [6.07, 6.45) is 7.08. The molecule has 3 heterocycles. The Bertz CT molecular complexity index is 1000. The number of nitrogens with zero attached hydrogens (tertiary/aromatic N) is 4. The van der Waals surface area contributed by atoms with Crippen molar-refractivity contribution < 1.29 is 14.3 Å². The molecular formula is C21H21N5O3. The summed E-state index contributed by atoms with van der Waals surface area (Å²) in [6.45, 7) is 0.693. The number of ether oxygens (including phenoxy) is 1. The van der Waals surface area contributed by atoms with Crippen molar-refractivity contribution in [1.82, 2.24) is 19.9 Å². The molecule has 1 aliphatic rings. The van der Waals surface area contributed by atoms with Crippen LogP contribution in [0, 0.1) is 5.92 Å². The molecule has 2 aromatic heterocycles. The maximum atomic E-state index is 12.6. The average molecular weight is 391 g/mol. The van der Waals surface area contributed by atoms with Gasteiger partial charge in [-0.2, -0.15) is 0 Å². The zero-order valence-electron chi connectivity index (χ0n) is 16.0. The Morgan fingerprint density at radius 3 is 2.86 bits per heavy atom. The minimum absolute atomic E-state index is 0.0824. The minimum atomic E-state index is -0.398. The molecule has 0 spiro atoms. The second-order valence-corrected chi connectivity index (χ2v) is 6.79. The van der Waals surface area contributed by atoms with Crippen molar-refractivity contribution in [3.8, 4) is 11.6 Å². The van der Waals surface area contributed by atoms with Crippen LogP contribution in [0.25, 0.3) is 5.82 Å². The predicted molar refractivity (Wildman–Crippen MR) is 107 cm³/mol. The molecule has 3 aromatic rings. The van der Waals surface area contributed by atoms with Gasteiger partial charge in [0.1, 0.15) is 17.9 Å². The Morgan fingerprint density at radius 1 is 1.28 bits per heavy atom. The van der Waals surface area contributed by atoms with Crippen molar-refractivity contribution in [2.75, 3.05) is 18.6 Å². The third kappa shape index (κ3) is 3.96. The molecule has 1 aromatic carbocycles. The highest BCUT2D eigenvalue weighted by atomic mass is 16.5. The van der Waals surface area contributed by atoms with Crippen molar-refractivity contribution in [2.45, 2.75) is 13.0 Å². The van der Waals surface area contributed by atoms with Gasteiger partial charge in [0.05, 0.1) is 18.7 Å². The van der Waals surface area contributed by atoms with Gasteiger partial charge in [0.2, 0.25) is 11.8 Å². The van der Waals surface area contributed by atoms with Crippen LogP contribution in [-0.2, 0) is 16.1 Å². The zero-order chi connectivity index (χ0) is 20.2. The number of benzene rings is 1. The topological polar surface area (TPSA) is 89.3 Å². The normalized spacial score (nSPS) is 16.1. The first kappa shape index (κ1) is 18.7. The number of carbonyl (C=O) groups is 2. The predicted octanol–water partition coefficient (Wildman–Crippen LogP) is 1.95. The highest BCUT2D eigenvalue weighted by molar-refractivity contribution is 6.01. The van der Waals surface area contributed by atoms with Crippen LogP contribution in [0.3, 0.4) is 0 Å². The fraction of sp³-hybridized carbons (Fsp3) is 0.238. The number of carbonyl (C=O) groups excluding carboxylic acids is 2. The van der Waals surface area contributed by atoms with E-state index in [1.54, 1.807) is 41.4 Å². The van der Waals surface area contributed by atoms with Crippen LogP contribution < -0.4 is 15.0 Å². The van der Waals surface area contributed by atoms with Gasteiger partial charge in [-0.1, -0.05) is 18.2 Å². The SMILES string of the molecule is COc1ccccc1N1CC(C(=O)NCc2ccc(-n3ccnc3)nc2)CC1=O. The van der Waals surface area contributed by atoms with E-state index in [1.165, 1.54) is 0 Å². The lowest BCUT2D eigenvalue weighted by molar-refractivity contribution is -0.126. The third-order valence-corrected chi connectivity index (χ3v) is 4.92. The van der Waals surface area contributed by atoms with Crippen LogP contribution >= 0.6 is 0 Å². The third-order valence-electron chi connectivity index (χ3n) is 4.92. The van der Waals surface area contributed by atoms with Crippen LogP contribution in [0.2, 0.25) is 0 Å². The smallest absolute Gasteiger partial charge is 0.227 e. The number of anilines is 1. The number of hydrogen-bond acceptors (Lipinski definition) is 5. The molecule has 0 saturated carbocycles. The molecular weight excluding hydrogens is 370 g/mol. The monoisotopic (exact) mass is 391 g/mol. The van der Waals surface area contributed by atoms with Crippen LogP contribution in [0.4, 0.5) is 5.69 Å². The van der Waals surface area contributed by atoms with Gasteiger partial charge >= 0.3 is 0 Å². The van der Waals surface area contributed by atoms with E-state index in [9.17, 15) is 9.59 Å². The molecule has 0 bridgehead atoms. The van der Waals surface area contributed by atoms with Crippen molar-refractivity contribution in [2.24, 2.45) is 5.92 Å². The molecule has 2 amide bonds. The average Bonchev–Trinajstić information content (AvgIpc) is 3.42. The summed E-state index contributed by atoms with van der Waals surface area (Å²) in [4.78, 5) is 35.0. The number of methoxy groups -OCH3 is 1. The lowest BCUT2D eigenvalue weighted by Crippen LogP contribution is -2.32. The molecule has 0 radical (unpaired) electrons. The molecule has 29 heavy (non-hydrogen) atoms. The number of imidazole rings is 1. The number of hydrogen-bond donors (Lipinski definition) is 1. The van der Waals surface area contributed by atoms with E-state index in [1.807, 2.05) is 36.5 Å². The van der Waals surface area contributed by atoms with Crippen molar-refractivity contribution in [3.05, 3.63) is 66.9 Å². The van der Waals surface area contributed by atoms with Gasteiger partial charge in [0.15, 0.2) is 0 Å². The zero-order valence-corrected chi connectivity index (χ0v) is 16.0. The molecule has 1 saturated heterocycles. The van der Waals surface area contributed by atoms with Gasteiger partial charge in [-0.25, -0.2) is 9.97 Å². The van der Waals surface area contributed by atoms with Crippen molar-refractivity contribution in [3.63, 3.8) is 0 Å². The van der Waals surface area contributed by atoms with Gasteiger partial charge in [0, 0.05) is 38.1 Å². The maximum Gasteiger partial charge on any atom is 0.227 e. The number of pyridine rings is 1.